The Morgan fingerprint density at radius 2 is 1.88 bits per heavy atom. The molecule has 0 aromatic rings. The summed E-state index contributed by atoms with van der Waals surface area (Å²) in [4.78, 5) is 19.9. The van der Waals surface area contributed by atoms with Gasteiger partial charge in [-0.2, -0.15) is 0 Å². The monoisotopic (exact) mass is 333 g/mol. The molecule has 4 heteroatoms. The highest BCUT2D eigenvalue weighted by Gasteiger charge is 2.29. The third-order valence-electron chi connectivity index (χ3n) is 6.32. The van der Waals surface area contributed by atoms with E-state index in [0.717, 1.165) is 44.0 Å². The lowest BCUT2D eigenvalue weighted by Gasteiger charge is -2.41. The van der Waals surface area contributed by atoms with Crippen LogP contribution in [0.4, 0.5) is 0 Å². The van der Waals surface area contributed by atoms with Crippen molar-refractivity contribution in [3.05, 3.63) is 11.6 Å². The molecular weight excluding hydrogens is 298 g/mol. The normalized spacial score (nSPS) is 25.0. The quantitative estimate of drug-likeness (QED) is 0.774. The first-order valence-electron chi connectivity index (χ1n) is 10.1. The van der Waals surface area contributed by atoms with E-state index < -0.39 is 0 Å². The van der Waals surface area contributed by atoms with Gasteiger partial charge < -0.3 is 14.7 Å². The van der Waals surface area contributed by atoms with Gasteiger partial charge in [-0.25, -0.2) is 0 Å². The third-order valence-corrected chi connectivity index (χ3v) is 6.32. The van der Waals surface area contributed by atoms with Gasteiger partial charge in [0.25, 0.3) is 0 Å². The van der Waals surface area contributed by atoms with Crippen molar-refractivity contribution >= 4 is 5.91 Å². The molecule has 2 heterocycles. The van der Waals surface area contributed by atoms with Crippen LogP contribution >= 0.6 is 0 Å². The lowest BCUT2D eigenvalue weighted by atomic mass is 9.93. The Bertz CT molecular complexity index is 446. The second kappa shape index (κ2) is 8.48. The summed E-state index contributed by atoms with van der Waals surface area (Å²) < 4.78 is 0. The number of amides is 1. The summed E-state index contributed by atoms with van der Waals surface area (Å²) in [7, 11) is 2.23. The molecule has 0 N–H and O–H groups in total. The highest BCUT2D eigenvalue weighted by atomic mass is 16.2. The molecular formula is C20H35N3O. The van der Waals surface area contributed by atoms with Crippen LogP contribution in [0.5, 0.6) is 0 Å². The van der Waals surface area contributed by atoms with Crippen molar-refractivity contribution in [3.8, 4) is 0 Å². The molecule has 1 amide bonds. The van der Waals surface area contributed by atoms with Gasteiger partial charge in [0.05, 0.1) is 0 Å². The lowest BCUT2D eigenvalue weighted by molar-refractivity contribution is -0.128. The van der Waals surface area contributed by atoms with Gasteiger partial charge in [-0.15, -0.1) is 0 Å². The molecule has 4 nitrogen and oxygen atoms in total. The summed E-state index contributed by atoms with van der Waals surface area (Å²) in [6.45, 7) is 8.90. The zero-order chi connectivity index (χ0) is 16.9. The molecule has 0 unspecified atom stereocenters. The van der Waals surface area contributed by atoms with Crippen molar-refractivity contribution in [1.29, 1.82) is 0 Å². The number of piperidine rings is 2. The fourth-order valence-corrected chi connectivity index (χ4v) is 4.60. The maximum absolute atomic E-state index is 12.6. The van der Waals surface area contributed by atoms with E-state index in [1.54, 1.807) is 0 Å². The van der Waals surface area contributed by atoms with Crippen LogP contribution in [-0.4, -0.2) is 73.0 Å². The van der Waals surface area contributed by atoms with E-state index in [9.17, 15) is 4.79 Å². The molecule has 0 aromatic heterocycles. The van der Waals surface area contributed by atoms with E-state index in [1.807, 2.05) is 0 Å². The van der Waals surface area contributed by atoms with Crippen molar-refractivity contribution < 1.29 is 4.79 Å². The van der Waals surface area contributed by atoms with Crippen LogP contribution in [0.15, 0.2) is 11.6 Å². The minimum absolute atomic E-state index is 0.313. The molecule has 2 saturated heterocycles. The molecule has 3 rings (SSSR count). The molecule has 0 spiro atoms. The Morgan fingerprint density at radius 1 is 1.17 bits per heavy atom. The van der Waals surface area contributed by atoms with Gasteiger partial charge in [0, 0.05) is 24.7 Å². The first-order valence-corrected chi connectivity index (χ1v) is 10.1. The first-order chi connectivity index (χ1) is 11.7. The summed E-state index contributed by atoms with van der Waals surface area (Å²) in [6.07, 6.45) is 10.6. The van der Waals surface area contributed by atoms with Crippen molar-refractivity contribution in [1.82, 2.24) is 14.7 Å². The van der Waals surface area contributed by atoms with E-state index in [4.69, 9.17) is 0 Å². The van der Waals surface area contributed by atoms with Crippen LogP contribution < -0.4 is 0 Å². The first kappa shape index (κ1) is 17.9. The zero-order valence-electron chi connectivity index (χ0n) is 15.7. The van der Waals surface area contributed by atoms with Gasteiger partial charge in [0.15, 0.2) is 0 Å². The summed E-state index contributed by atoms with van der Waals surface area (Å²) in [5.74, 6) is 1.01. The molecule has 136 valence electrons. The van der Waals surface area contributed by atoms with Crippen molar-refractivity contribution in [2.45, 2.75) is 57.9 Å². The van der Waals surface area contributed by atoms with E-state index in [2.05, 4.69) is 34.7 Å². The molecule has 0 bridgehead atoms. The Balaban J connectivity index is 1.45. The van der Waals surface area contributed by atoms with Crippen LogP contribution in [0.25, 0.3) is 0 Å². The third kappa shape index (κ3) is 4.40. The second-order valence-electron chi connectivity index (χ2n) is 7.98. The lowest BCUT2D eigenvalue weighted by Crippen LogP contribution is -2.48. The van der Waals surface area contributed by atoms with Crippen LogP contribution in [0.3, 0.4) is 0 Å². The molecule has 0 saturated carbocycles. The highest BCUT2D eigenvalue weighted by Crippen LogP contribution is 2.26. The predicted molar refractivity (Wildman–Crippen MR) is 99.0 cm³/mol. The number of carbonyl (C=O) groups excluding carboxylic acids is 1. The van der Waals surface area contributed by atoms with Gasteiger partial charge >= 0.3 is 0 Å². The average Bonchev–Trinajstić information content (AvgIpc) is 3.15. The van der Waals surface area contributed by atoms with Crippen molar-refractivity contribution in [2.75, 3.05) is 46.3 Å². The number of nitrogens with zero attached hydrogens (tertiary/aromatic N) is 3. The molecule has 2 fully saturated rings. The molecule has 1 aliphatic carbocycles. The molecule has 3 aliphatic rings. The highest BCUT2D eigenvalue weighted by molar-refractivity contribution is 5.93. The standard InChI is InChI=1S/C20H35N3O/c1-3-22(20(24)18-6-4-5-7-18)16-17-8-14-23(15-9-17)19-10-12-21(2)13-11-19/h6,17,19H,3-5,7-16H2,1-2H3. The minimum Gasteiger partial charge on any atom is -0.339 e. The maximum atomic E-state index is 12.6. The smallest absolute Gasteiger partial charge is 0.249 e. The molecule has 0 atom stereocenters. The molecule has 24 heavy (non-hydrogen) atoms. The maximum Gasteiger partial charge on any atom is 0.249 e. The largest absolute Gasteiger partial charge is 0.339 e. The fourth-order valence-electron chi connectivity index (χ4n) is 4.60. The number of likely N-dealkylation sites (N-methyl/N-ethyl adjacent to an activating group) is 1. The second-order valence-corrected chi connectivity index (χ2v) is 7.98. The fraction of sp³-hybridized carbons (Fsp3) is 0.850. The molecule has 0 radical (unpaired) electrons. The number of allylic oxidation sites excluding steroid dienone is 1. The van der Waals surface area contributed by atoms with Crippen molar-refractivity contribution in [2.24, 2.45) is 5.92 Å². The molecule has 0 aromatic carbocycles. The number of likely N-dealkylation sites (tertiary alicyclic amines) is 2. The van der Waals surface area contributed by atoms with Crippen molar-refractivity contribution in [3.63, 3.8) is 0 Å². The van der Waals surface area contributed by atoms with Gasteiger partial charge in [-0.1, -0.05) is 6.08 Å². The Morgan fingerprint density at radius 3 is 2.46 bits per heavy atom. The topological polar surface area (TPSA) is 26.8 Å². The van der Waals surface area contributed by atoms with E-state index >= 15 is 0 Å². The number of hydrogen-bond acceptors (Lipinski definition) is 3. The number of hydrogen-bond donors (Lipinski definition) is 0. The summed E-state index contributed by atoms with van der Waals surface area (Å²) in [5, 5.41) is 0. The zero-order valence-corrected chi connectivity index (χ0v) is 15.7. The van der Waals surface area contributed by atoms with Crippen LogP contribution in [-0.2, 0) is 4.79 Å². The van der Waals surface area contributed by atoms with E-state index in [0.29, 0.717) is 11.8 Å². The van der Waals surface area contributed by atoms with E-state index in [1.165, 1.54) is 51.9 Å². The summed E-state index contributed by atoms with van der Waals surface area (Å²) >= 11 is 0. The predicted octanol–water partition coefficient (Wildman–Crippen LogP) is 2.75. The average molecular weight is 334 g/mol. The number of carbonyl (C=O) groups is 1. The van der Waals surface area contributed by atoms with Crippen LogP contribution in [0.2, 0.25) is 0 Å². The van der Waals surface area contributed by atoms with Gasteiger partial charge in [0.2, 0.25) is 5.91 Å². The summed E-state index contributed by atoms with van der Waals surface area (Å²) in [5.41, 5.74) is 1.07. The van der Waals surface area contributed by atoms with Gasteiger partial charge in [-0.05, 0) is 91.0 Å². The van der Waals surface area contributed by atoms with Gasteiger partial charge in [0.1, 0.15) is 0 Å². The van der Waals surface area contributed by atoms with Crippen LogP contribution in [0.1, 0.15) is 51.9 Å². The minimum atomic E-state index is 0.313. The summed E-state index contributed by atoms with van der Waals surface area (Å²) in [6, 6.07) is 0.801. The van der Waals surface area contributed by atoms with Gasteiger partial charge in [-0.3, -0.25) is 4.79 Å². The SMILES string of the molecule is CCN(CC1CCN(C2CCN(C)CC2)CC1)C(=O)C1=CCCC1. The Hall–Kier alpha value is -0.870. The molecule has 2 aliphatic heterocycles. The Labute approximate surface area is 147 Å². The number of rotatable bonds is 5. The van der Waals surface area contributed by atoms with E-state index in [-0.39, 0.29) is 0 Å². The Kier molecular flexibility index (Phi) is 6.34. The van der Waals surface area contributed by atoms with Crippen LogP contribution in [0, 0.1) is 5.92 Å².